The molecule has 7 nitrogen and oxygen atoms in total. The second-order valence-corrected chi connectivity index (χ2v) is 6.78. The summed E-state index contributed by atoms with van der Waals surface area (Å²) in [4.78, 5) is 25.8. The molecule has 0 fully saturated rings. The first-order valence-electron chi connectivity index (χ1n) is 7.95. The highest BCUT2D eigenvalue weighted by Crippen LogP contribution is 2.29. The van der Waals surface area contributed by atoms with Crippen LogP contribution in [-0.4, -0.2) is 36.9 Å². The van der Waals surface area contributed by atoms with Gasteiger partial charge in [-0.05, 0) is 33.0 Å². The van der Waals surface area contributed by atoms with Crippen LogP contribution in [0.25, 0.3) is 0 Å². The van der Waals surface area contributed by atoms with Gasteiger partial charge in [0.05, 0.1) is 28.8 Å². The Morgan fingerprint density at radius 1 is 1.15 bits per heavy atom. The molecule has 1 aromatic heterocycles. The van der Waals surface area contributed by atoms with Crippen LogP contribution in [0.1, 0.15) is 16.9 Å². The summed E-state index contributed by atoms with van der Waals surface area (Å²) >= 11 is 12.0. The molecule has 0 bridgehead atoms. The minimum Gasteiger partial charge on any atom is -0.444 e. The molecule has 27 heavy (non-hydrogen) atoms. The molecule has 0 saturated carbocycles. The zero-order chi connectivity index (χ0) is 20.1. The first kappa shape index (κ1) is 20.8. The van der Waals surface area contributed by atoms with Crippen LogP contribution in [0.3, 0.4) is 0 Å². The highest BCUT2D eigenvalue weighted by atomic mass is 35.5. The number of carbonyl (C=O) groups excluding carboxylic acids is 2. The summed E-state index contributed by atoms with van der Waals surface area (Å²) in [5, 5.41) is 15.0. The molecule has 2 amide bonds. The minimum absolute atomic E-state index is 0.0592. The Morgan fingerprint density at radius 2 is 1.70 bits per heavy atom. The van der Waals surface area contributed by atoms with Crippen molar-refractivity contribution in [2.45, 2.75) is 13.8 Å². The Balaban J connectivity index is 1.92. The van der Waals surface area contributed by atoms with Crippen LogP contribution in [0.15, 0.2) is 22.6 Å². The molecular weight excluding hydrogens is 391 g/mol. The monoisotopic (exact) mass is 408 g/mol. The molecule has 0 spiro atoms. The second kappa shape index (κ2) is 8.91. The molecule has 9 heteroatoms. The molecule has 1 aromatic carbocycles. The van der Waals surface area contributed by atoms with Crippen molar-refractivity contribution in [2.75, 3.05) is 30.8 Å². The maximum atomic E-state index is 12.2. The van der Waals surface area contributed by atoms with E-state index in [2.05, 4.69) is 10.6 Å². The number of halogens is 2. The van der Waals surface area contributed by atoms with E-state index in [1.807, 2.05) is 6.07 Å². The molecule has 2 N–H and O–H groups in total. The van der Waals surface area contributed by atoms with Crippen molar-refractivity contribution in [1.82, 2.24) is 4.90 Å². The van der Waals surface area contributed by atoms with Gasteiger partial charge < -0.3 is 9.73 Å². The van der Waals surface area contributed by atoms with Gasteiger partial charge in [0.15, 0.2) is 0 Å². The molecule has 0 aliphatic heterocycles. The Labute approximate surface area is 166 Å². The lowest BCUT2D eigenvalue weighted by molar-refractivity contribution is -0.119. The number of hydrogen-bond acceptors (Lipinski definition) is 5. The van der Waals surface area contributed by atoms with Gasteiger partial charge in [-0.2, -0.15) is 5.26 Å². The summed E-state index contributed by atoms with van der Waals surface area (Å²) in [6, 6.07) is 6.90. The zero-order valence-electron chi connectivity index (χ0n) is 15.0. The maximum Gasteiger partial charge on any atom is 0.240 e. The third kappa shape index (κ3) is 5.23. The molecule has 0 unspecified atom stereocenters. The van der Waals surface area contributed by atoms with E-state index in [1.165, 1.54) is 4.90 Å². The standard InChI is InChI=1S/C18H18Cl2N4O3/c1-10-11(2)27-18(12(10)7-21)23-16(26)9-24(3)8-15(25)22-17-13(19)5-4-6-14(17)20/h4-6H,8-9H2,1-3H3,(H,22,25)(H,23,26). The third-order valence-electron chi connectivity index (χ3n) is 3.80. The van der Waals surface area contributed by atoms with Gasteiger partial charge in [-0.3, -0.25) is 19.8 Å². The summed E-state index contributed by atoms with van der Waals surface area (Å²) in [6.07, 6.45) is 0. The largest absolute Gasteiger partial charge is 0.444 e. The van der Waals surface area contributed by atoms with Crippen molar-refractivity contribution in [2.24, 2.45) is 0 Å². The number of nitriles is 1. The van der Waals surface area contributed by atoms with E-state index >= 15 is 0 Å². The van der Waals surface area contributed by atoms with Gasteiger partial charge in [0.25, 0.3) is 0 Å². The van der Waals surface area contributed by atoms with Gasteiger partial charge in [0.1, 0.15) is 17.4 Å². The van der Waals surface area contributed by atoms with E-state index in [4.69, 9.17) is 32.9 Å². The van der Waals surface area contributed by atoms with Gasteiger partial charge in [-0.25, -0.2) is 0 Å². The van der Waals surface area contributed by atoms with E-state index in [9.17, 15) is 9.59 Å². The highest BCUT2D eigenvalue weighted by Gasteiger charge is 2.18. The van der Waals surface area contributed by atoms with Crippen molar-refractivity contribution < 1.29 is 14.0 Å². The van der Waals surface area contributed by atoms with E-state index in [0.29, 0.717) is 27.1 Å². The van der Waals surface area contributed by atoms with Gasteiger partial charge in [0.2, 0.25) is 17.7 Å². The van der Waals surface area contributed by atoms with Crippen molar-refractivity contribution in [3.05, 3.63) is 45.1 Å². The number of amides is 2. The Morgan fingerprint density at radius 3 is 2.26 bits per heavy atom. The average Bonchev–Trinajstić information content (AvgIpc) is 2.84. The Bertz CT molecular complexity index is 898. The van der Waals surface area contributed by atoms with Crippen LogP contribution in [0.2, 0.25) is 10.0 Å². The Kier molecular flexibility index (Phi) is 6.86. The topological polar surface area (TPSA) is 98.4 Å². The van der Waals surface area contributed by atoms with Gasteiger partial charge in [0, 0.05) is 5.56 Å². The molecule has 0 radical (unpaired) electrons. The number of nitrogens with zero attached hydrogens (tertiary/aromatic N) is 2. The van der Waals surface area contributed by atoms with E-state index in [0.717, 1.165) is 0 Å². The maximum absolute atomic E-state index is 12.2. The molecule has 0 atom stereocenters. The summed E-state index contributed by atoms with van der Waals surface area (Å²) in [5.74, 6) is -0.113. The number of carbonyl (C=O) groups is 2. The van der Waals surface area contributed by atoms with Crippen LogP contribution in [0.4, 0.5) is 11.6 Å². The summed E-state index contributed by atoms with van der Waals surface area (Å²) in [5.41, 5.74) is 1.29. The van der Waals surface area contributed by atoms with Gasteiger partial charge >= 0.3 is 0 Å². The lowest BCUT2D eigenvalue weighted by atomic mass is 10.2. The number of furan rings is 1. The van der Waals surface area contributed by atoms with E-state index in [-0.39, 0.29) is 30.4 Å². The summed E-state index contributed by atoms with van der Waals surface area (Å²) in [6.45, 7) is 3.31. The van der Waals surface area contributed by atoms with Crippen molar-refractivity contribution in [1.29, 1.82) is 5.26 Å². The predicted molar refractivity (Wildman–Crippen MR) is 104 cm³/mol. The van der Waals surface area contributed by atoms with Crippen LogP contribution in [0, 0.1) is 25.2 Å². The zero-order valence-corrected chi connectivity index (χ0v) is 16.5. The number of para-hydroxylation sites is 1. The van der Waals surface area contributed by atoms with Crippen LogP contribution in [-0.2, 0) is 9.59 Å². The number of benzene rings is 1. The predicted octanol–water partition coefficient (Wildman–Crippen LogP) is 3.58. The number of rotatable bonds is 6. The fraction of sp³-hybridized carbons (Fsp3) is 0.278. The smallest absolute Gasteiger partial charge is 0.240 e. The molecule has 0 saturated heterocycles. The van der Waals surface area contributed by atoms with E-state index in [1.54, 1.807) is 39.1 Å². The molecule has 2 aromatic rings. The van der Waals surface area contributed by atoms with Crippen LogP contribution < -0.4 is 10.6 Å². The summed E-state index contributed by atoms with van der Waals surface area (Å²) in [7, 11) is 1.61. The molecule has 0 aliphatic rings. The first-order valence-corrected chi connectivity index (χ1v) is 8.70. The molecule has 0 aliphatic carbocycles. The first-order chi connectivity index (χ1) is 12.7. The summed E-state index contributed by atoms with van der Waals surface area (Å²) < 4.78 is 5.39. The van der Waals surface area contributed by atoms with Gasteiger partial charge in [-0.15, -0.1) is 0 Å². The van der Waals surface area contributed by atoms with Crippen LogP contribution in [0.5, 0.6) is 0 Å². The molecular formula is C18H18Cl2N4O3. The number of hydrogen-bond donors (Lipinski definition) is 2. The molecule has 2 rings (SSSR count). The lowest BCUT2D eigenvalue weighted by Crippen LogP contribution is -2.36. The Hall–Kier alpha value is -2.53. The van der Waals surface area contributed by atoms with Crippen molar-refractivity contribution in [3.8, 4) is 6.07 Å². The normalized spacial score (nSPS) is 10.6. The average molecular weight is 409 g/mol. The lowest BCUT2D eigenvalue weighted by Gasteiger charge is -2.16. The van der Waals surface area contributed by atoms with Crippen molar-refractivity contribution >= 4 is 46.6 Å². The molecule has 1 heterocycles. The SMILES string of the molecule is Cc1oc(NC(=O)CN(C)CC(=O)Nc2c(Cl)cccc2Cl)c(C#N)c1C. The van der Waals surface area contributed by atoms with E-state index < -0.39 is 5.91 Å². The number of nitrogens with one attached hydrogen (secondary N) is 2. The fourth-order valence-corrected chi connectivity index (χ4v) is 2.85. The number of anilines is 2. The van der Waals surface area contributed by atoms with Crippen LogP contribution >= 0.6 is 23.2 Å². The number of likely N-dealkylation sites (N-methyl/N-ethyl adjacent to an activating group) is 1. The van der Waals surface area contributed by atoms with Gasteiger partial charge in [-0.1, -0.05) is 29.3 Å². The van der Waals surface area contributed by atoms with Crippen molar-refractivity contribution in [3.63, 3.8) is 0 Å². The minimum atomic E-state index is -0.411. The third-order valence-corrected chi connectivity index (χ3v) is 4.43. The quantitative estimate of drug-likeness (QED) is 0.760. The molecule has 142 valence electrons. The number of aryl methyl sites for hydroxylation is 1. The fourth-order valence-electron chi connectivity index (χ4n) is 2.36. The second-order valence-electron chi connectivity index (χ2n) is 5.96. The highest BCUT2D eigenvalue weighted by molar-refractivity contribution is 6.39.